The maximum Gasteiger partial charge on any atom is 0.217 e. The Morgan fingerprint density at radius 1 is 0.882 bits per heavy atom. The Hall–Kier alpha value is -1.15. The summed E-state index contributed by atoms with van der Waals surface area (Å²) in [6.45, 7) is 11.7. The van der Waals surface area contributed by atoms with Crippen molar-refractivity contribution in [2.24, 2.45) is 0 Å². The van der Waals surface area contributed by atoms with E-state index in [0.29, 0.717) is 0 Å². The van der Waals surface area contributed by atoms with Crippen molar-refractivity contribution in [3.05, 3.63) is 22.5 Å². The molecule has 0 rings (SSSR count). The Morgan fingerprint density at radius 2 is 1.18 bits per heavy atom. The van der Waals surface area contributed by atoms with Crippen molar-refractivity contribution < 1.29 is 4.12 Å². The van der Waals surface area contributed by atoms with Crippen LogP contribution in [0.3, 0.4) is 0 Å². The molecule has 0 saturated carbocycles. The molecule has 0 amide bonds. The average molecular weight is 264 g/mol. The Labute approximate surface area is 106 Å². The predicted octanol–water partition coefficient (Wildman–Crippen LogP) is 3.43. The van der Waals surface area contributed by atoms with Crippen LogP contribution in [0.1, 0.15) is 13.8 Å². The average Bonchev–Trinajstić information content (AvgIpc) is 2.18. The van der Waals surface area contributed by atoms with E-state index in [-0.39, 0.29) is 0 Å². The fraction of sp³-hybridized carbons (Fsp3) is 0.500. The van der Waals surface area contributed by atoms with Crippen molar-refractivity contribution in [2.75, 3.05) is 0 Å². The first-order chi connectivity index (χ1) is 7.75. The fourth-order valence-corrected chi connectivity index (χ4v) is 9.75. The van der Waals surface area contributed by atoms with Crippen molar-refractivity contribution in [2.45, 2.75) is 40.0 Å². The van der Waals surface area contributed by atoms with Gasteiger partial charge >= 0.3 is 0 Å². The lowest BCUT2D eigenvalue weighted by Crippen LogP contribution is -2.47. The number of nitriles is 2. The molecular weight excluding hydrogens is 244 g/mol. The molecule has 0 bridgehead atoms. The third-order valence-corrected chi connectivity index (χ3v) is 10.1. The molecule has 0 N–H and O–H groups in total. The van der Waals surface area contributed by atoms with E-state index in [4.69, 9.17) is 14.6 Å². The molecule has 0 aliphatic heterocycles. The monoisotopic (exact) mass is 264 g/mol. The van der Waals surface area contributed by atoms with E-state index >= 15 is 0 Å². The number of hydrogen-bond donors (Lipinski definition) is 0. The van der Waals surface area contributed by atoms with Crippen LogP contribution in [0.4, 0.5) is 0 Å². The molecule has 0 radical (unpaired) electrons. The van der Waals surface area contributed by atoms with Crippen LogP contribution >= 0.6 is 0 Å². The smallest absolute Gasteiger partial charge is 0.217 e. The van der Waals surface area contributed by atoms with E-state index in [9.17, 15) is 0 Å². The highest BCUT2D eigenvalue weighted by Crippen LogP contribution is 2.25. The van der Waals surface area contributed by atoms with Gasteiger partial charge in [0, 0.05) is 10.4 Å². The molecule has 0 fully saturated rings. The standard InChI is InChI=1S/C12H20N2OSi2/c1-7-11(9-13)16(3,4)15-17(5,6)12(8-2)10-14/h7-8H,1-6H3. The topological polar surface area (TPSA) is 56.8 Å². The Bertz CT molecular complexity index is 383. The van der Waals surface area contributed by atoms with Gasteiger partial charge in [0.2, 0.25) is 16.6 Å². The van der Waals surface area contributed by atoms with Crippen molar-refractivity contribution >= 4 is 16.6 Å². The van der Waals surface area contributed by atoms with Crippen LogP contribution in [0.5, 0.6) is 0 Å². The molecule has 92 valence electrons. The molecule has 0 aromatic carbocycles. The minimum atomic E-state index is -2.19. The zero-order chi connectivity index (χ0) is 13.7. The summed E-state index contributed by atoms with van der Waals surface area (Å²) in [5.74, 6) is 0. The van der Waals surface area contributed by atoms with Gasteiger partial charge in [-0.1, -0.05) is 12.2 Å². The molecule has 0 saturated heterocycles. The number of rotatable bonds is 4. The van der Waals surface area contributed by atoms with E-state index in [2.05, 4.69) is 12.1 Å². The molecule has 0 aliphatic carbocycles. The summed E-state index contributed by atoms with van der Waals surface area (Å²) in [6.07, 6.45) is 3.64. The minimum Gasteiger partial charge on any atom is -0.448 e. The molecular formula is C12H20N2OSi2. The second kappa shape index (κ2) is 5.97. The Morgan fingerprint density at radius 3 is 1.35 bits per heavy atom. The number of allylic oxidation sites excluding steroid dienone is 4. The van der Waals surface area contributed by atoms with Crippen LogP contribution in [-0.2, 0) is 4.12 Å². The van der Waals surface area contributed by atoms with Gasteiger partial charge in [-0.2, -0.15) is 10.5 Å². The SMILES string of the molecule is CC=C(C#N)[Si](C)(C)O[Si](C)(C)C(C#N)=CC. The minimum absolute atomic E-state index is 0.728. The first-order valence-corrected chi connectivity index (χ1v) is 11.4. The van der Waals surface area contributed by atoms with Crippen LogP contribution < -0.4 is 0 Å². The highest BCUT2D eigenvalue weighted by molar-refractivity contribution is 6.92. The van der Waals surface area contributed by atoms with Crippen molar-refractivity contribution in [1.29, 1.82) is 10.5 Å². The van der Waals surface area contributed by atoms with Gasteiger partial charge in [0.25, 0.3) is 0 Å². The molecule has 5 heteroatoms. The molecule has 0 aliphatic rings. The molecule has 3 nitrogen and oxygen atoms in total. The largest absolute Gasteiger partial charge is 0.448 e. The molecule has 0 atom stereocenters. The highest BCUT2D eigenvalue weighted by atomic mass is 28.4. The summed E-state index contributed by atoms with van der Waals surface area (Å²) in [5, 5.41) is 19.6. The van der Waals surface area contributed by atoms with E-state index in [1.54, 1.807) is 0 Å². The summed E-state index contributed by atoms with van der Waals surface area (Å²) in [4.78, 5) is 0. The predicted molar refractivity (Wildman–Crippen MR) is 74.8 cm³/mol. The van der Waals surface area contributed by atoms with Gasteiger partial charge in [-0.15, -0.1) is 0 Å². The van der Waals surface area contributed by atoms with Gasteiger partial charge in [0.1, 0.15) is 0 Å². The van der Waals surface area contributed by atoms with Crippen LogP contribution in [-0.4, -0.2) is 16.6 Å². The molecule has 0 spiro atoms. The van der Waals surface area contributed by atoms with E-state index in [0.717, 1.165) is 10.4 Å². The van der Waals surface area contributed by atoms with Gasteiger partial charge in [0.05, 0.1) is 12.1 Å². The van der Waals surface area contributed by atoms with Crippen LogP contribution in [0.2, 0.25) is 26.2 Å². The normalized spacial score (nSPS) is 14.1. The third-order valence-electron chi connectivity index (χ3n) is 2.63. The van der Waals surface area contributed by atoms with Gasteiger partial charge in [-0.05, 0) is 40.0 Å². The lowest BCUT2D eigenvalue weighted by Gasteiger charge is -2.33. The van der Waals surface area contributed by atoms with Gasteiger partial charge in [0.15, 0.2) is 0 Å². The van der Waals surface area contributed by atoms with Crippen molar-refractivity contribution in [3.8, 4) is 12.1 Å². The zero-order valence-corrected chi connectivity index (χ0v) is 13.5. The lowest BCUT2D eigenvalue weighted by molar-refractivity contribution is 0.565. The van der Waals surface area contributed by atoms with Crippen molar-refractivity contribution in [1.82, 2.24) is 0 Å². The number of hydrogen-bond acceptors (Lipinski definition) is 3. The number of nitrogens with zero attached hydrogens (tertiary/aromatic N) is 2. The maximum atomic E-state index is 9.08. The van der Waals surface area contributed by atoms with Crippen LogP contribution in [0, 0.1) is 22.7 Å². The summed E-state index contributed by atoms with van der Waals surface area (Å²) >= 11 is 0. The second-order valence-corrected chi connectivity index (χ2v) is 12.7. The van der Waals surface area contributed by atoms with Gasteiger partial charge < -0.3 is 4.12 Å². The highest BCUT2D eigenvalue weighted by Gasteiger charge is 2.38. The third kappa shape index (κ3) is 3.97. The summed E-state index contributed by atoms with van der Waals surface area (Å²) in [6, 6.07) is 4.41. The lowest BCUT2D eigenvalue weighted by atomic mass is 10.6. The van der Waals surface area contributed by atoms with Crippen LogP contribution in [0.25, 0.3) is 0 Å². The maximum absolute atomic E-state index is 9.08. The Kier molecular flexibility index (Phi) is 5.57. The van der Waals surface area contributed by atoms with Crippen molar-refractivity contribution in [3.63, 3.8) is 0 Å². The van der Waals surface area contributed by atoms with E-state index in [1.165, 1.54) is 0 Å². The summed E-state index contributed by atoms with van der Waals surface area (Å²) < 4.78 is 6.21. The fourth-order valence-electron chi connectivity index (χ4n) is 1.84. The molecule has 17 heavy (non-hydrogen) atoms. The Balaban J connectivity index is 5.23. The molecule has 0 heterocycles. The molecule has 0 unspecified atom stereocenters. The zero-order valence-electron chi connectivity index (χ0n) is 11.5. The van der Waals surface area contributed by atoms with Crippen LogP contribution in [0.15, 0.2) is 22.5 Å². The van der Waals surface area contributed by atoms with E-state index in [1.807, 2.05) is 52.2 Å². The second-order valence-electron chi connectivity index (χ2n) is 4.75. The quantitative estimate of drug-likeness (QED) is 0.577. The van der Waals surface area contributed by atoms with E-state index < -0.39 is 16.6 Å². The van der Waals surface area contributed by atoms with Gasteiger partial charge in [-0.3, -0.25) is 0 Å². The summed E-state index contributed by atoms with van der Waals surface area (Å²) in [5.41, 5.74) is 0. The first-order valence-electron chi connectivity index (χ1n) is 5.59. The first kappa shape index (κ1) is 15.9. The summed E-state index contributed by atoms with van der Waals surface area (Å²) in [7, 11) is -4.39. The molecule has 0 aromatic rings. The molecule has 0 aromatic heterocycles. The van der Waals surface area contributed by atoms with Gasteiger partial charge in [-0.25, -0.2) is 0 Å².